The van der Waals surface area contributed by atoms with Gasteiger partial charge >= 0.3 is 12.0 Å². The number of anilines is 1. The van der Waals surface area contributed by atoms with Gasteiger partial charge in [0.15, 0.2) is 0 Å². The first kappa shape index (κ1) is 22.7. The first-order chi connectivity index (χ1) is 14.8. The van der Waals surface area contributed by atoms with Crippen molar-refractivity contribution < 1.29 is 27.1 Å². The highest BCUT2D eigenvalue weighted by Crippen LogP contribution is 2.21. The molecule has 8 nitrogen and oxygen atoms in total. The van der Waals surface area contributed by atoms with Gasteiger partial charge in [0.25, 0.3) is 0 Å². The Kier molecular flexibility index (Phi) is 7.24. The lowest BCUT2D eigenvalue weighted by molar-refractivity contribution is 0.0526. The van der Waals surface area contributed by atoms with E-state index in [0.29, 0.717) is 18.5 Å². The standard InChI is InChI=1S/C21H24FN3O5S/c1-2-30-20(26)15-6-8-19(9-7-15)31(28,29)25-12-10-17(11-13-25)23-21(27)24-18-5-3-4-16(22)14-18/h3-9,14,17H,2,10-13H2,1H3,(H2,23,24,27). The molecule has 3 rings (SSSR count). The zero-order valence-electron chi connectivity index (χ0n) is 17.0. The van der Waals surface area contributed by atoms with E-state index in [9.17, 15) is 22.4 Å². The summed E-state index contributed by atoms with van der Waals surface area (Å²) in [6.07, 6.45) is 0.882. The Balaban J connectivity index is 1.54. The van der Waals surface area contributed by atoms with Crippen LogP contribution < -0.4 is 10.6 Å². The number of rotatable bonds is 6. The van der Waals surface area contributed by atoms with Crippen LogP contribution in [0.4, 0.5) is 14.9 Å². The minimum Gasteiger partial charge on any atom is -0.462 e. The van der Waals surface area contributed by atoms with Gasteiger partial charge in [-0.15, -0.1) is 0 Å². The van der Waals surface area contributed by atoms with E-state index < -0.39 is 27.8 Å². The fourth-order valence-electron chi connectivity index (χ4n) is 3.29. The van der Waals surface area contributed by atoms with Gasteiger partial charge in [-0.3, -0.25) is 0 Å². The monoisotopic (exact) mass is 449 g/mol. The van der Waals surface area contributed by atoms with Gasteiger partial charge in [-0.05, 0) is 62.2 Å². The van der Waals surface area contributed by atoms with Crippen LogP contribution in [0, 0.1) is 5.82 Å². The maximum Gasteiger partial charge on any atom is 0.338 e. The van der Waals surface area contributed by atoms with E-state index in [2.05, 4.69) is 10.6 Å². The maximum absolute atomic E-state index is 13.2. The Morgan fingerprint density at radius 1 is 1.13 bits per heavy atom. The molecule has 1 aliphatic rings. The van der Waals surface area contributed by atoms with Crippen LogP contribution in [0.1, 0.15) is 30.1 Å². The summed E-state index contributed by atoms with van der Waals surface area (Å²) < 4.78 is 45.2. The minimum absolute atomic E-state index is 0.0933. The van der Waals surface area contributed by atoms with Crippen LogP contribution in [-0.2, 0) is 14.8 Å². The van der Waals surface area contributed by atoms with E-state index in [-0.39, 0.29) is 36.2 Å². The number of halogens is 1. The second kappa shape index (κ2) is 9.88. The molecule has 166 valence electrons. The molecule has 31 heavy (non-hydrogen) atoms. The van der Waals surface area contributed by atoms with Crippen molar-refractivity contribution in [2.45, 2.75) is 30.7 Å². The average molecular weight is 450 g/mol. The number of piperidine rings is 1. The summed E-state index contributed by atoms with van der Waals surface area (Å²) in [5, 5.41) is 5.35. The molecule has 0 aromatic heterocycles. The molecule has 0 atom stereocenters. The predicted molar refractivity (Wildman–Crippen MR) is 113 cm³/mol. The summed E-state index contributed by atoms with van der Waals surface area (Å²) >= 11 is 0. The quantitative estimate of drug-likeness (QED) is 0.660. The van der Waals surface area contributed by atoms with Crippen molar-refractivity contribution in [1.29, 1.82) is 0 Å². The Bertz CT molecular complexity index is 1040. The molecule has 1 fully saturated rings. The normalized spacial score (nSPS) is 15.3. The van der Waals surface area contributed by atoms with Gasteiger partial charge in [-0.1, -0.05) is 6.07 Å². The molecule has 2 amide bonds. The number of amides is 2. The lowest BCUT2D eigenvalue weighted by Gasteiger charge is -2.31. The van der Waals surface area contributed by atoms with Gasteiger partial charge in [0.2, 0.25) is 10.0 Å². The number of sulfonamides is 1. The number of carbonyl (C=O) groups is 2. The fraction of sp³-hybridized carbons (Fsp3) is 0.333. The van der Waals surface area contributed by atoms with E-state index in [1.54, 1.807) is 13.0 Å². The van der Waals surface area contributed by atoms with Crippen molar-refractivity contribution in [3.63, 3.8) is 0 Å². The molecule has 1 heterocycles. The molecule has 1 saturated heterocycles. The number of carbonyl (C=O) groups excluding carboxylic acids is 2. The summed E-state index contributed by atoms with van der Waals surface area (Å²) in [6.45, 7) is 2.42. The molecule has 0 saturated carbocycles. The van der Waals surface area contributed by atoms with E-state index in [4.69, 9.17) is 4.74 Å². The molecule has 0 bridgehead atoms. The third-order valence-electron chi connectivity index (χ3n) is 4.87. The Labute approximate surface area is 180 Å². The molecule has 2 aromatic rings. The number of esters is 1. The molecule has 0 unspecified atom stereocenters. The van der Waals surface area contributed by atoms with E-state index in [0.717, 1.165) is 0 Å². The van der Waals surface area contributed by atoms with Gasteiger partial charge in [0.05, 0.1) is 17.1 Å². The minimum atomic E-state index is -3.71. The number of ether oxygens (including phenoxy) is 1. The lowest BCUT2D eigenvalue weighted by Crippen LogP contribution is -2.47. The molecule has 10 heteroatoms. The molecule has 0 spiro atoms. The predicted octanol–water partition coefficient (Wildman–Crippen LogP) is 2.98. The van der Waals surface area contributed by atoms with Crippen molar-refractivity contribution in [3.8, 4) is 0 Å². The van der Waals surface area contributed by atoms with Crippen molar-refractivity contribution in [2.24, 2.45) is 0 Å². The third-order valence-corrected chi connectivity index (χ3v) is 6.79. The van der Waals surface area contributed by atoms with Crippen molar-refractivity contribution >= 4 is 27.7 Å². The number of nitrogens with one attached hydrogen (secondary N) is 2. The number of nitrogens with zero attached hydrogens (tertiary/aromatic N) is 1. The number of benzene rings is 2. The fourth-order valence-corrected chi connectivity index (χ4v) is 4.76. The summed E-state index contributed by atoms with van der Waals surface area (Å²) in [5.41, 5.74) is 0.622. The van der Waals surface area contributed by atoms with E-state index in [1.165, 1.54) is 46.8 Å². The van der Waals surface area contributed by atoms with Gasteiger partial charge < -0.3 is 15.4 Å². The third kappa shape index (κ3) is 5.80. The van der Waals surface area contributed by atoms with E-state index in [1.807, 2.05) is 0 Å². The number of hydrogen-bond acceptors (Lipinski definition) is 5. The van der Waals surface area contributed by atoms with Crippen LogP contribution in [0.25, 0.3) is 0 Å². The zero-order valence-corrected chi connectivity index (χ0v) is 17.8. The highest BCUT2D eigenvalue weighted by Gasteiger charge is 2.30. The molecule has 0 radical (unpaired) electrons. The molecular weight excluding hydrogens is 425 g/mol. The Morgan fingerprint density at radius 2 is 1.81 bits per heavy atom. The average Bonchev–Trinajstić information content (AvgIpc) is 2.74. The lowest BCUT2D eigenvalue weighted by atomic mass is 10.1. The highest BCUT2D eigenvalue weighted by atomic mass is 32.2. The summed E-state index contributed by atoms with van der Waals surface area (Å²) in [5.74, 6) is -0.957. The second-order valence-electron chi connectivity index (χ2n) is 7.03. The SMILES string of the molecule is CCOC(=O)c1ccc(S(=O)(=O)N2CCC(NC(=O)Nc3cccc(F)c3)CC2)cc1. The van der Waals surface area contributed by atoms with Crippen LogP contribution in [0.15, 0.2) is 53.4 Å². The highest BCUT2D eigenvalue weighted by molar-refractivity contribution is 7.89. The topological polar surface area (TPSA) is 105 Å². The summed E-state index contributed by atoms with van der Waals surface area (Å²) in [6, 6.07) is 10.5. The molecular formula is C21H24FN3O5S. The first-order valence-electron chi connectivity index (χ1n) is 9.90. The summed E-state index contributed by atoms with van der Waals surface area (Å²) in [4.78, 5) is 23.9. The maximum atomic E-state index is 13.2. The molecule has 0 aliphatic carbocycles. The van der Waals surface area contributed by atoms with Crippen molar-refractivity contribution in [2.75, 3.05) is 25.0 Å². The second-order valence-corrected chi connectivity index (χ2v) is 8.97. The van der Waals surface area contributed by atoms with Gasteiger partial charge in [-0.25, -0.2) is 22.4 Å². The number of hydrogen-bond donors (Lipinski definition) is 2. The van der Waals surface area contributed by atoms with Crippen LogP contribution in [0.3, 0.4) is 0 Å². The van der Waals surface area contributed by atoms with Crippen LogP contribution >= 0.6 is 0 Å². The Morgan fingerprint density at radius 3 is 2.42 bits per heavy atom. The van der Waals surface area contributed by atoms with Gasteiger partial charge in [0.1, 0.15) is 5.82 Å². The number of urea groups is 1. The molecule has 2 N–H and O–H groups in total. The van der Waals surface area contributed by atoms with Crippen molar-refractivity contribution in [3.05, 3.63) is 59.9 Å². The van der Waals surface area contributed by atoms with Crippen LogP contribution in [-0.4, -0.2) is 50.5 Å². The Hall–Kier alpha value is -2.98. The summed E-state index contributed by atoms with van der Waals surface area (Å²) in [7, 11) is -3.71. The zero-order chi connectivity index (χ0) is 22.4. The smallest absolute Gasteiger partial charge is 0.338 e. The van der Waals surface area contributed by atoms with Gasteiger partial charge in [-0.2, -0.15) is 4.31 Å². The first-order valence-corrected chi connectivity index (χ1v) is 11.3. The molecule has 2 aromatic carbocycles. The van der Waals surface area contributed by atoms with Crippen LogP contribution in [0.5, 0.6) is 0 Å². The van der Waals surface area contributed by atoms with E-state index >= 15 is 0 Å². The van der Waals surface area contributed by atoms with Crippen LogP contribution in [0.2, 0.25) is 0 Å². The largest absolute Gasteiger partial charge is 0.462 e. The van der Waals surface area contributed by atoms with Gasteiger partial charge in [0, 0.05) is 24.8 Å². The molecule has 1 aliphatic heterocycles. The van der Waals surface area contributed by atoms with Crippen molar-refractivity contribution in [1.82, 2.24) is 9.62 Å².